The minimum atomic E-state index is 0.713. The Bertz CT molecular complexity index is 271. The standard InChI is InChI=1S/C11H17BrN2/c1-4-9(2)8-14(3)11-6-5-10(12)7-13-11/h5-7,9H,4,8H2,1-3H3. The number of hydrogen-bond acceptors (Lipinski definition) is 2. The fourth-order valence-corrected chi connectivity index (χ4v) is 1.52. The number of hydrogen-bond donors (Lipinski definition) is 0. The maximum absolute atomic E-state index is 4.34. The molecule has 0 spiro atoms. The second-order valence-electron chi connectivity index (χ2n) is 3.73. The third kappa shape index (κ3) is 3.29. The molecule has 1 aromatic heterocycles. The molecule has 14 heavy (non-hydrogen) atoms. The van der Waals surface area contributed by atoms with Crippen LogP contribution in [0.25, 0.3) is 0 Å². The van der Waals surface area contributed by atoms with Crippen molar-refractivity contribution in [3.05, 3.63) is 22.8 Å². The lowest BCUT2D eigenvalue weighted by Gasteiger charge is -2.21. The minimum Gasteiger partial charge on any atom is -0.359 e. The predicted octanol–water partition coefficient (Wildman–Crippen LogP) is 3.33. The Morgan fingerprint density at radius 1 is 1.50 bits per heavy atom. The molecule has 1 rings (SSSR count). The molecular formula is C11H17BrN2. The van der Waals surface area contributed by atoms with Gasteiger partial charge in [0.2, 0.25) is 0 Å². The van der Waals surface area contributed by atoms with Crippen molar-refractivity contribution in [1.29, 1.82) is 0 Å². The zero-order chi connectivity index (χ0) is 10.6. The summed E-state index contributed by atoms with van der Waals surface area (Å²) in [6.07, 6.45) is 3.04. The highest BCUT2D eigenvalue weighted by atomic mass is 79.9. The number of anilines is 1. The van der Waals surface area contributed by atoms with Crippen LogP contribution in [0, 0.1) is 5.92 Å². The Hall–Kier alpha value is -0.570. The molecule has 0 amide bonds. The molecule has 0 aliphatic carbocycles. The summed E-state index contributed by atoms with van der Waals surface area (Å²) in [5, 5.41) is 0. The van der Waals surface area contributed by atoms with Crippen molar-refractivity contribution in [2.75, 3.05) is 18.5 Å². The fourth-order valence-electron chi connectivity index (χ4n) is 1.28. The quantitative estimate of drug-likeness (QED) is 0.822. The molecule has 0 radical (unpaired) electrons. The molecule has 0 bridgehead atoms. The summed E-state index contributed by atoms with van der Waals surface area (Å²) in [5.74, 6) is 1.75. The monoisotopic (exact) mass is 256 g/mol. The highest BCUT2D eigenvalue weighted by Crippen LogP contribution is 2.15. The summed E-state index contributed by atoms with van der Waals surface area (Å²) in [6, 6.07) is 4.06. The highest BCUT2D eigenvalue weighted by Gasteiger charge is 2.05. The third-order valence-electron chi connectivity index (χ3n) is 2.39. The molecule has 1 heterocycles. The van der Waals surface area contributed by atoms with Crippen LogP contribution in [0.5, 0.6) is 0 Å². The molecule has 1 aromatic rings. The number of nitrogens with zero attached hydrogens (tertiary/aromatic N) is 2. The maximum Gasteiger partial charge on any atom is 0.128 e. The zero-order valence-electron chi connectivity index (χ0n) is 9.00. The van der Waals surface area contributed by atoms with Crippen LogP contribution in [-0.4, -0.2) is 18.6 Å². The van der Waals surface area contributed by atoms with Gasteiger partial charge < -0.3 is 4.90 Å². The Labute approximate surface area is 94.5 Å². The van der Waals surface area contributed by atoms with Crippen molar-refractivity contribution in [2.45, 2.75) is 20.3 Å². The van der Waals surface area contributed by atoms with E-state index >= 15 is 0 Å². The lowest BCUT2D eigenvalue weighted by molar-refractivity contribution is 0.558. The smallest absolute Gasteiger partial charge is 0.128 e. The normalized spacial score (nSPS) is 12.6. The van der Waals surface area contributed by atoms with Crippen LogP contribution < -0.4 is 4.90 Å². The Kier molecular flexibility index (Phi) is 4.39. The predicted molar refractivity (Wildman–Crippen MR) is 64.7 cm³/mol. The van der Waals surface area contributed by atoms with Gasteiger partial charge in [0.25, 0.3) is 0 Å². The molecule has 1 unspecified atom stereocenters. The zero-order valence-corrected chi connectivity index (χ0v) is 10.6. The van der Waals surface area contributed by atoms with E-state index in [2.05, 4.69) is 46.7 Å². The average molecular weight is 257 g/mol. The summed E-state index contributed by atoms with van der Waals surface area (Å²) in [5.41, 5.74) is 0. The fraction of sp³-hybridized carbons (Fsp3) is 0.545. The first-order chi connectivity index (χ1) is 6.63. The van der Waals surface area contributed by atoms with Crippen molar-refractivity contribution >= 4 is 21.7 Å². The molecule has 78 valence electrons. The van der Waals surface area contributed by atoms with Gasteiger partial charge in [0.05, 0.1) is 0 Å². The topological polar surface area (TPSA) is 16.1 Å². The van der Waals surface area contributed by atoms with Gasteiger partial charge >= 0.3 is 0 Å². The van der Waals surface area contributed by atoms with E-state index in [1.54, 1.807) is 0 Å². The molecular weight excluding hydrogens is 240 g/mol. The molecule has 3 heteroatoms. The van der Waals surface area contributed by atoms with Crippen LogP contribution in [0.4, 0.5) is 5.82 Å². The number of halogens is 1. The Balaban J connectivity index is 2.60. The van der Waals surface area contributed by atoms with Crippen LogP contribution in [0.2, 0.25) is 0 Å². The van der Waals surface area contributed by atoms with Gasteiger partial charge in [-0.25, -0.2) is 4.98 Å². The van der Waals surface area contributed by atoms with Gasteiger partial charge in [-0.15, -0.1) is 0 Å². The third-order valence-corrected chi connectivity index (χ3v) is 2.85. The van der Waals surface area contributed by atoms with E-state index in [-0.39, 0.29) is 0 Å². The summed E-state index contributed by atoms with van der Waals surface area (Å²) in [7, 11) is 2.09. The largest absolute Gasteiger partial charge is 0.359 e. The molecule has 0 aromatic carbocycles. The van der Waals surface area contributed by atoms with Gasteiger partial charge in [0, 0.05) is 24.3 Å². The molecule has 0 fully saturated rings. The Morgan fingerprint density at radius 3 is 2.71 bits per heavy atom. The van der Waals surface area contributed by atoms with E-state index in [0.717, 1.165) is 16.8 Å². The van der Waals surface area contributed by atoms with Crippen molar-refractivity contribution in [3.63, 3.8) is 0 Å². The number of aromatic nitrogens is 1. The summed E-state index contributed by atoms with van der Waals surface area (Å²) < 4.78 is 1.03. The van der Waals surface area contributed by atoms with Crippen LogP contribution in [0.15, 0.2) is 22.8 Å². The van der Waals surface area contributed by atoms with Crippen LogP contribution in [-0.2, 0) is 0 Å². The maximum atomic E-state index is 4.34. The van der Waals surface area contributed by atoms with E-state index in [1.807, 2.05) is 18.3 Å². The van der Waals surface area contributed by atoms with Crippen molar-refractivity contribution < 1.29 is 0 Å². The SMILES string of the molecule is CCC(C)CN(C)c1ccc(Br)cn1. The second kappa shape index (κ2) is 5.35. The lowest BCUT2D eigenvalue weighted by atomic mass is 10.1. The summed E-state index contributed by atoms with van der Waals surface area (Å²) in [6.45, 7) is 5.54. The molecule has 2 nitrogen and oxygen atoms in total. The molecule has 0 saturated carbocycles. The van der Waals surface area contributed by atoms with Crippen LogP contribution >= 0.6 is 15.9 Å². The second-order valence-corrected chi connectivity index (χ2v) is 4.64. The van der Waals surface area contributed by atoms with E-state index in [9.17, 15) is 0 Å². The van der Waals surface area contributed by atoms with Gasteiger partial charge in [0.15, 0.2) is 0 Å². The van der Waals surface area contributed by atoms with Gasteiger partial charge in [-0.2, -0.15) is 0 Å². The first-order valence-electron chi connectivity index (χ1n) is 4.96. The van der Waals surface area contributed by atoms with E-state index in [1.165, 1.54) is 6.42 Å². The molecule has 0 aliphatic heterocycles. The lowest BCUT2D eigenvalue weighted by Crippen LogP contribution is -2.24. The van der Waals surface area contributed by atoms with E-state index in [4.69, 9.17) is 0 Å². The van der Waals surface area contributed by atoms with Gasteiger partial charge in [0.1, 0.15) is 5.82 Å². The van der Waals surface area contributed by atoms with Gasteiger partial charge in [-0.3, -0.25) is 0 Å². The molecule has 0 N–H and O–H groups in total. The van der Waals surface area contributed by atoms with Gasteiger partial charge in [-0.1, -0.05) is 20.3 Å². The number of pyridine rings is 1. The minimum absolute atomic E-state index is 0.713. The van der Waals surface area contributed by atoms with Crippen molar-refractivity contribution in [3.8, 4) is 0 Å². The highest BCUT2D eigenvalue weighted by molar-refractivity contribution is 9.10. The van der Waals surface area contributed by atoms with Crippen LogP contribution in [0.1, 0.15) is 20.3 Å². The average Bonchev–Trinajstić information content (AvgIpc) is 2.18. The summed E-state index contributed by atoms with van der Waals surface area (Å²) >= 11 is 3.38. The molecule has 0 saturated heterocycles. The Morgan fingerprint density at radius 2 is 2.21 bits per heavy atom. The van der Waals surface area contributed by atoms with E-state index in [0.29, 0.717) is 5.92 Å². The van der Waals surface area contributed by atoms with Gasteiger partial charge in [-0.05, 0) is 34.0 Å². The molecule has 1 atom stereocenters. The first-order valence-corrected chi connectivity index (χ1v) is 5.75. The van der Waals surface area contributed by atoms with Crippen molar-refractivity contribution in [2.24, 2.45) is 5.92 Å². The molecule has 0 aliphatic rings. The number of rotatable bonds is 4. The van der Waals surface area contributed by atoms with Crippen molar-refractivity contribution in [1.82, 2.24) is 4.98 Å². The summed E-state index contributed by atoms with van der Waals surface area (Å²) in [4.78, 5) is 6.54. The van der Waals surface area contributed by atoms with E-state index < -0.39 is 0 Å². The van der Waals surface area contributed by atoms with Crippen LogP contribution in [0.3, 0.4) is 0 Å². The first kappa shape index (κ1) is 11.5.